The maximum Gasteiger partial charge on any atom is 0.123 e. The van der Waals surface area contributed by atoms with E-state index >= 15 is 0 Å². The fraction of sp³-hybridized carbons (Fsp3) is 0.143. The van der Waals surface area contributed by atoms with E-state index in [9.17, 15) is 4.39 Å². The maximum absolute atomic E-state index is 12.8. The zero-order chi connectivity index (χ0) is 13.0. The predicted octanol–water partition coefficient (Wildman–Crippen LogP) is 3.82. The van der Waals surface area contributed by atoms with Crippen LogP contribution >= 0.6 is 24.0 Å². The molecule has 2 aromatic carbocycles. The zero-order valence-electron chi connectivity index (χ0n) is 10.2. The summed E-state index contributed by atoms with van der Waals surface area (Å²) in [7, 11) is 0. The van der Waals surface area contributed by atoms with Crippen LogP contribution in [0.15, 0.2) is 48.5 Å². The van der Waals surface area contributed by atoms with Gasteiger partial charge in [-0.1, -0.05) is 23.7 Å². The van der Waals surface area contributed by atoms with Crippen molar-refractivity contribution < 1.29 is 4.39 Å². The first-order chi connectivity index (χ1) is 8.65. The summed E-state index contributed by atoms with van der Waals surface area (Å²) in [6.07, 6.45) is 0.811. The second-order valence-electron chi connectivity index (χ2n) is 4.05. The fourth-order valence-corrected chi connectivity index (χ4v) is 1.79. The highest BCUT2D eigenvalue weighted by molar-refractivity contribution is 6.30. The minimum atomic E-state index is -0.259. The minimum Gasteiger partial charge on any atom is -0.311 e. The fourth-order valence-electron chi connectivity index (χ4n) is 1.66. The van der Waals surface area contributed by atoms with Crippen LogP contribution in [0.5, 0.6) is 0 Å². The normalized spacial score (nSPS) is 9.84. The number of halogens is 3. The van der Waals surface area contributed by atoms with Crippen molar-refractivity contribution >= 4 is 29.7 Å². The van der Waals surface area contributed by atoms with E-state index in [4.69, 9.17) is 17.4 Å². The van der Waals surface area contributed by atoms with Gasteiger partial charge in [0.1, 0.15) is 5.82 Å². The van der Waals surface area contributed by atoms with Crippen molar-refractivity contribution in [1.82, 2.24) is 0 Å². The lowest BCUT2D eigenvalue weighted by Gasteiger charge is -2.18. The summed E-state index contributed by atoms with van der Waals surface area (Å²) in [5.74, 6) is 5.65. The largest absolute Gasteiger partial charge is 0.311 e. The van der Waals surface area contributed by atoms with Crippen molar-refractivity contribution in [3.8, 4) is 0 Å². The van der Waals surface area contributed by atoms with E-state index in [-0.39, 0.29) is 18.2 Å². The summed E-state index contributed by atoms with van der Waals surface area (Å²) in [6, 6.07) is 13.8. The van der Waals surface area contributed by atoms with E-state index in [1.165, 1.54) is 12.1 Å². The van der Waals surface area contributed by atoms with Crippen LogP contribution in [0.2, 0.25) is 5.02 Å². The highest BCUT2D eigenvalue weighted by Gasteiger charge is 2.02. The lowest BCUT2D eigenvalue weighted by Crippen LogP contribution is -2.32. The van der Waals surface area contributed by atoms with Gasteiger partial charge in [0.15, 0.2) is 0 Å². The quantitative estimate of drug-likeness (QED) is 0.687. The van der Waals surface area contributed by atoms with Gasteiger partial charge >= 0.3 is 0 Å². The van der Waals surface area contributed by atoms with Gasteiger partial charge in [0.2, 0.25) is 0 Å². The number of anilines is 1. The molecule has 0 fully saturated rings. The van der Waals surface area contributed by atoms with Crippen molar-refractivity contribution in [2.45, 2.75) is 6.42 Å². The minimum absolute atomic E-state index is 0. The van der Waals surface area contributed by atoms with Gasteiger partial charge in [0.05, 0.1) is 5.69 Å². The van der Waals surface area contributed by atoms with E-state index in [2.05, 4.69) is 0 Å². The Bertz CT molecular complexity index is 500. The van der Waals surface area contributed by atoms with Crippen molar-refractivity contribution in [3.05, 3.63) is 64.9 Å². The Labute approximate surface area is 123 Å². The Morgan fingerprint density at radius 3 is 2.16 bits per heavy atom. The zero-order valence-corrected chi connectivity index (χ0v) is 11.8. The van der Waals surface area contributed by atoms with Crippen molar-refractivity contribution in [1.29, 1.82) is 0 Å². The Hall–Kier alpha value is -1.29. The summed E-state index contributed by atoms with van der Waals surface area (Å²) in [6.45, 7) is 0.660. The molecule has 2 N–H and O–H groups in total. The molecular formula is C14H15Cl2FN2. The number of nitrogens with zero attached hydrogens (tertiary/aromatic N) is 1. The van der Waals surface area contributed by atoms with Crippen LogP contribution in [0.3, 0.4) is 0 Å². The van der Waals surface area contributed by atoms with E-state index in [0.29, 0.717) is 6.54 Å². The molecule has 0 saturated carbocycles. The average molecular weight is 301 g/mol. The van der Waals surface area contributed by atoms with Crippen LogP contribution in [-0.2, 0) is 6.42 Å². The SMILES string of the molecule is Cl.NN(CCc1ccc(Cl)cc1)c1ccc(F)cc1. The molecule has 0 heterocycles. The van der Waals surface area contributed by atoms with Gasteiger partial charge < -0.3 is 5.01 Å². The molecule has 2 aromatic rings. The number of rotatable bonds is 4. The smallest absolute Gasteiger partial charge is 0.123 e. The molecule has 0 aromatic heterocycles. The molecule has 0 atom stereocenters. The number of hydrogen-bond acceptors (Lipinski definition) is 2. The third-order valence-corrected chi connectivity index (χ3v) is 2.96. The molecule has 0 radical (unpaired) electrons. The molecule has 0 aliphatic carbocycles. The number of nitrogens with two attached hydrogens (primary N) is 1. The molecule has 2 rings (SSSR count). The van der Waals surface area contributed by atoms with Crippen LogP contribution in [-0.4, -0.2) is 6.54 Å². The molecule has 0 unspecified atom stereocenters. The molecule has 5 heteroatoms. The van der Waals surface area contributed by atoms with E-state index in [1.807, 2.05) is 24.3 Å². The van der Waals surface area contributed by atoms with Gasteiger partial charge in [-0.3, -0.25) is 0 Å². The predicted molar refractivity (Wildman–Crippen MR) is 80.3 cm³/mol. The first-order valence-electron chi connectivity index (χ1n) is 5.67. The molecule has 2 nitrogen and oxygen atoms in total. The van der Waals surface area contributed by atoms with Crippen LogP contribution < -0.4 is 10.9 Å². The lowest BCUT2D eigenvalue weighted by atomic mass is 10.1. The molecular weight excluding hydrogens is 286 g/mol. The highest BCUT2D eigenvalue weighted by Crippen LogP contribution is 2.13. The third kappa shape index (κ3) is 4.71. The van der Waals surface area contributed by atoms with Gasteiger partial charge in [-0.2, -0.15) is 0 Å². The van der Waals surface area contributed by atoms with Gasteiger partial charge in [0.25, 0.3) is 0 Å². The molecule has 0 spiro atoms. The van der Waals surface area contributed by atoms with Gasteiger partial charge in [-0.05, 0) is 48.4 Å². The number of hydrogen-bond donors (Lipinski definition) is 1. The molecule has 0 aliphatic rings. The van der Waals surface area contributed by atoms with Crippen LogP contribution in [0.1, 0.15) is 5.56 Å². The first-order valence-corrected chi connectivity index (χ1v) is 6.05. The Morgan fingerprint density at radius 2 is 1.58 bits per heavy atom. The summed E-state index contributed by atoms with van der Waals surface area (Å²) >= 11 is 5.81. The van der Waals surface area contributed by atoms with Crippen molar-refractivity contribution in [3.63, 3.8) is 0 Å². The molecule has 0 bridgehead atoms. The monoisotopic (exact) mass is 300 g/mol. The lowest BCUT2D eigenvalue weighted by molar-refractivity contribution is 0.627. The standard InChI is InChI=1S/C14H14ClFN2.ClH/c15-12-3-1-11(2-4-12)9-10-18(17)14-7-5-13(16)6-8-14;/h1-8H,9-10,17H2;1H. The summed E-state index contributed by atoms with van der Waals surface area (Å²) in [4.78, 5) is 0. The van der Waals surface area contributed by atoms with E-state index in [0.717, 1.165) is 22.7 Å². The van der Waals surface area contributed by atoms with Crippen molar-refractivity contribution in [2.24, 2.45) is 5.84 Å². The Balaban J connectivity index is 0.00000180. The van der Waals surface area contributed by atoms with Crippen LogP contribution in [0, 0.1) is 5.82 Å². The Morgan fingerprint density at radius 1 is 1.00 bits per heavy atom. The van der Waals surface area contributed by atoms with Gasteiger partial charge in [0, 0.05) is 11.6 Å². The van der Waals surface area contributed by atoms with E-state index < -0.39 is 0 Å². The molecule has 0 aliphatic heterocycles. The summed E-state index contributed by atoms with van der Waals surface area (Å²) < 4.78 is 12.8. The van der Waals surface area contributed by atoms with E-state index in [1.54, 1.807) is 17.1 Å². The average Bonchev–Trinajstić information content (AvgIpc) is 2.38. The molecule has 19 heavy (non-hydrogen) atoms. The first kappa shape index (κ1) is 15.8. The van der Waals surface area contributed by atoms with Crippen LogP contribution in [0.25, 0.3) is 0 Å². The number of hydrazine groups is 1. The maximum atomic E-state index is 12.8. The third-order valence-electron chi connectivity index (χ3n) is 2.71. The highest BCUT2D eigenvalue weighted by atomic mass is 35.5. The summed E-state index contributed by atoms with van der Waals surface area (Å²) in [5, 5.41) is 2.33. The molecule has 0 amide bonds. The van der Waals surface area contributed by atoms with Crippen molar-refractivity contribution in [2.75, 3.05) is 11.6 Å². The number of benzene rings is 2. The molecule has 0 saturated heterocycles. The van der Waals surface area contributed by atoms with Gasteiger partial charge in [-0.15, -0.1) is 12.4 Å². The second-order valence-corrected chi connectivity index (χ2v) is 4.48. The van der Waals surface area contributed by atoms with Crippen LogP contribution in [0.4, 0.5) is 10.1 Å². The van der Waals surface area contributed by atoms with Gasteiger partial charge in [-0.25, -0.2) is 10.2 Å². The Kier molecular flexibility index (Phi) is 6.09. The molecule has 102 valence electrons. The topological polar surface area (TPSA) is 29.3 Å². The second kappa shape index (κ2) is 7.34. The summed E-state index contributed by atoms with van der Waals surface area (Å²) in [5.41, 5.74) is 1.96.